The van der Waals surface area contributed by atoms with Gasteiger partial charge in [0.2, 0.25) is 0 Å². The highest BCUT2D eigenvalue weighted by molar-refractivity contribution is 7.49. The molecule has 0 aromatic heterocycles. The van der Waals surface area contributed by atoms with Gasteiger partial charge in [0, 0.05) is 17.4 Å². The van der Waals surface area contributed by atoms with Gasteiger partial charge < -0.3 is 24.1 Å². The molecular weight excluding hydrogens is 327 g/mol. The van der Waals surface area contributed by atoms with E-state index in [-0.39, 0.29) is 5.48 Å². The number of hydrogen-bond acceptors (Lipinski definition) is 5. The van der Waals surface area contributed by atoms with Gasteiger partial charge in [-0.2, -0.15) is 0 Å². The van der Waals surface area contributed by atoms with Crippen LogP contribution in [0.4, 0.5) is 0 Å². The van der Waals surface area contributed by atoms with Crippen LogP contribution in [-0.4, -0.2) is 33.9 Å². The van der Waals surface area contributed by atoms with E-state index in [1.54, 1.807) is 26.4 Å². The summed E-state index contributed by atoms with van der Waals surface area (Å²) in [5.41, 5.74) is 1.27. The summed E-state index contributed by atoms with van der Waals surface area (Å²) in [4.78, 5) is 0. The first-order chi connectivity index (χ1) is 11.5. The number of benzene rings is 2. The van der Waals surface area contributed by atoms with Crippen molar-refractivity contribution in [2.75, 3.05) is 28.4 Å². The van der Waals surface area contributed by atoms with Crippen molar-refractivity contribution >= 4 is 19.0 Å². The van der Waals surface area contributed by atoms with Crippen molar-refractivity contribution < 1.29 is 24.1 Å². The van der Waals surface area contributed by atoms with Crippen molar-refractivity contribution in [3.8, 4) is 23.0 Å². The molecule has 0 unspecified atom stereocenters. The Bertz CT molecular complexity index is 730. The highest BCUT2D eigenvalue weighted by Gasteiger charge is 2.13. The topological polar surface area (TPSA) is 60.0 Å². The third kappa shape index (κ3) is 3.81. The quantitative estimate of drug-likeness (QED) is 0.750. The van der Waals surface area contributed by atoms with Gasteiger partial charge >= 0.3 is 0 Å². The Morgan fingerprint density at radius 2 is 1.42 bits per heavy atom. The Kier molecular flexibility index (Phi) is 6.07. The van der Waals surface area contributed by atoms with Crippen molar-refractivity contribution in [1.29, 1.82) is 0 Å². The molecule has 0 amide bonds. The molecule has 0 aliphatic rings. The van der Waals surface area contributed by atoms with Gasteiger partial charge in [-0.3, -0.25) is 0 Å². The first kappa shape index (κ1) is 18.1. The lowest BCUT2D eigenvalue weighted by Gasteiger charge is -2.20. The van der Waals surface area contributed by atoms with E-state index in [2.05, 4.69) is 0 Å². The van der Waals surface area contributed by atoms with Gasteiger partial charge in [0.1, 0.15) is 23.0 Å². The number of aryl methyl sites for hydroxylation is 1. The fourth-order valence-electron chi connectivity index (χ4n) is 2.26. The lowest BCUT2D eigenvalue weighted by atomic mass is 10.1. The first-order valence-electron chi connectivity index (χ1n) is 7.24. The summed E-state index contributed by atoms with van der Waals surface area (Å²) in [7, 11) is 6.73. The van der Waals surface area contributed by atoms with Crippen LogP contribution in [0.1, 0.15) is 11.1 Å². The average molecular weight is 347 g/mol. The summed E-state index contributed by atoms with van der Waals surface area (Å²) in [5.74, 6) is 2.18. The van der Waals surface area contributed by atoms with E-state index < -0.39 is 0 Å². The summed E-state index contributed by atoms with van der Waals surface area (Å²) in [5, 5.41) is 13.7. The van der Waals surface area contributed by atoms with Crippen LogP contribution in [-0.2, 0) is 0 Å². The number of methoxy groups -OCH3 is 4. The summed E-state index contributed by atoms with van der Waals surface area (Å²) in [6, 6.07) is 8.97. The molecule has 0 bridgehead atoms. The lowest BCUT2D eigenvalue weighted by molar-refractivity contribution is -0.207. The second kappa shape index (κ2) is 8.04. The maximum Gasteiger partial charge on any atom is 0.132 e. The molecule has 0 heterocycles. The lowest BCUT2D eigenvalue weighted by Crippen LogP contribution is -2.20. The Morgan fingerprint density at radius 3 is 1.88 bits per heavy atom. The third-order valence-corrected chi connectivity index (χ3v) is 4.72. The van der Waals surface area contributed by atoms with Crippen LogP contribution in [0.5, 0.6) is 23.0 Å². The van der Waals surface area contributed by atoms with Crippen LogP contribution < -0.4 is 29.4 Å². The van der Waals surface area contributed by atoms with E-state index in [0.29, 0.717) is 31.0 Å². The minimum atomic E-state index is -0.111. The van der Waals surface area contributed by atoms with Gasteiger partial charge in [-0.25, -0.2) is 0 Å². The molecule has 0 radical (unpaired) electrons. The summed E-state index contributed by atoms with van der Waals surface area (Å²) < 4.78 is 21.1. The van der Waals surface area contributed by atoms with Crippen molar-refractivity contribution in [1.82, 2.24) is 0 Å². The zero-order chi connectivity index (χ0) is 17.7. The van der Waals surface area contributed by atoms with Crippen LogP contribution in [0.2, 0.25) is 0 Å². The fourth-order valence-corrected chi connectivity index (χ4v) is 3.20. The number of rotatable bonds is 6. The molecule has 0 saturated heterocycles. The Labute approximate surface area is 143 Å². The third-order valence-electron chi connectivity index (χ3n) is 3.55. The second-order valence-corrected chi connectivity index (χ2v) is 6.09. The van der Waals surface area contributed by atoms with Gasteiger partial charge in [-0.1, -0.05) is 13.7 Å². The molecule has 0 saturated carbocycles. The minimum Gasteiger partial charge on any atom is -0.823 e. The van der Waals surface area contributed by atoms with Gasteiger partial charge in [0.25, 0.3) is 0 Å². The van der Waals surface area contributed by atoms with E-state index in [4.69, 9.17) is 18.9 Å². The molecule has 128 valence electrons. The average Bonchev–Trinajstić information content (AvgIpc) is 2.61. The van der Waals surface area contributed by atoms with Crippen LogP contribution in [0.25, 0.3) is 0 Å². The Hall–Kier alpha value is -2.23. The SMILES string of the molecule is COc1ccc(P=C([O-])c2c(OC)cc(OC)cc2OC)c(C)c1. The molecule has 0 aliphatic carbocycles. The molecule has 0 fully saturated rings. The first-order valence-corrected chi connectivity index (χ1v) is 8.14. The molecular formula is C18H20O5P-. The largest absolute Gasteiger partial charge is 0.823 e. The molecule has 0 atom stereocenters. The van der Waals surface area contributed by atoms with Gasteiger partial charge in [0.15, 0.2) is 0 Å². The maximum absolute atomic E-state index is 12.8. The van der Waals surface area contributed by atoms with E-state index in [1.165, 1.54) is 14.2 Å². The molecule has 0 aliphatic heterocycles. The number of hydrogen-bond donors (Lipinski definition) is 0. The van der Waals surface area contributed by atoms with Crippen LogP contribution in [0.15, 0.2) is 30.3 Å². The highest BCUT2D eigenvalue weighted by Crippen LogP contribution is 2.34. The van der Waals surface area contributed by atoms with Crippen molar-refractivity contribution in [2.24, 2.45) is 0 Å². The monoisotopic (exact) mass is 347 g/mol. The van der Waals surface area contributed by atoms with Crippen molar-refractivity contribution in [3.63, 3.8) is 0 Å². The molecule has 2 aromatic rings. The standard InChI is InChI=1S/C18H21O5P/c1-11-8-12(20-2)6-7-16(11)24-18(19)17-14(22-4)9-13(21-3)10-15(17)23-5/h6-10,19H,1-5H3/p-1. The Morgan fingerprint density at radius 1 is 0.833 bits per heavy atom. The summed E-state index contributed by atoms with van der Waals surface area (Å²) >= 11 is 0. The smallest absolute Gasteiger partial charge is 0.132 e. The zero-order valence-electron chi connectivity index (χ0n) is 14.4. The Balaban J connectivity index is 2.54. The predicted molar refractivity (Wildman–Crippen MR) is 94.5 cm³/mol. The summed E-state index contributed by atoms with van der Waals surface area (Å²) in [6.07, 6.45) is 0. The zero-order valence-corrected chi connectivity index (χ0v) is 15.3. The summed E-state index contributed by atoms with van der Waals surface area (Å²) in [6.45, 7) is 1.95. The van der Waals surface area contributed by atoms with Gasteiger partial charge in [-0.05, 0) is 30.7 Å². The van der Waals surface area contributed by atoms with Gasteiger partial charge in [0.05, 0.1) is 34.0 Å². The second-order valence-electron chi connectivity index (χ2n) is 4.98. The van der Waals surface area contributed by atoms with E-state index in [1.807, 2.05) is 25.1 Å². The molecule has 0 N–H and O–H groups in total. The van der Waals surface area contributed by atoms with Crippen molar-refractivity contribution in [2.45, 2.75) is 6.92 Å². The van der Waals surface area contributed by atoms with Crippen molar-refractivity contribution in [3.05, 3.63) is 41.5 Å². The number of ether oxygens (including phenoxy) is 4. The molecule has 0 spiro atoms. The van der Waals surface area contributed by atoms with Crippen LogP contribution >= 0.6 is 8.20 Å². The van der Waals surface area contributed by atoms with E-state index in [9.17, 15) is 5.11 Å². The van der Waals surface area contributed by atoms with E-state index in [0.717, 1.165) is 16.6 Å². The normalized spacial score (nSPS) is 11.2. The van der Waals surface area contributed by atoms with E-state index >= 15 is 0 Å². The van der Waals surface area contributed by atoms with Crippen LogP contribution in [0, 0.1) is 6.92 Å². The van der Waals surface area contributed by atoms with Gasteiger partial charge in [-0.15, -0.1) is 0 Å². The maximum atomic E-state index is 12.8. The minimum absolute atomic E-state index is 0.111. The molecule has 2 aromatic carbocycles. The fraction of sp³-hybridized carbons (Fsp3) is 0.278. The molecule has 24 heavy (non-hydrogen) atoms. The highest BCUT2D eigenvalue weighted by atomic mass is 31.1. The van der Waals surface area contributed by atoms with Crippen LogP contribution in [0.3, 0.4) is 0 Å². The molecule has 2 rings (SSSR count). The molecule has 6 heteroatoms. The predicted octanol–water partition coefficient (Wildman–Crippen LogP) is 2.14. The molecule has 5 nitrogen and oxygen atoms in total.